The Hall–Kier alpha value is -2.95. The highest BCUT2D eigenvalue weighted by atomic mass is 16.2. The topological polar surface area (TPSA) is 66.5 Å². The molecule has 0 saturated carbocycles. The number of Topliss-reactive ketones (excluding diaryl/α,β-unsaturated/α-hetero) is 1. The minimum Gasteiger partial charge on any atom is -0.319 e. The lowest BCUT2D eigenvalue weighted by Crippen LogP contribution is -2.42. The number of ketones is 1. The lowest BCUT2D eigenvalue weighted by molar-refractivity contribution is -0.131. The number of carbonyl (C=O) groups excluding carboxylic acids is 3. The van der Waals surface area contributed by atoms with E-state index in [-0.39, 0.29) is 18.2 Å². The van der Waals surface area contributed by atoms with Crippen LogP contribution in [0.2, 0.25) is 0 Å². The fourth-order valence-corrected chi connectivity index (χ4v) is 4.20. The summed E-state index contributed by atoms with van der Waals surface area (Å²) in [6.45, 7) is 4.03. The summed E-state index contributed by atoms with van der Waals surface area (Å²) < 4.78 is 0. The van der Waals surface area contributed by atoms with Gasteiger partial charge in [0.25, 0.3) is 5.91 Å². The van der Waals surface area contributed by atoms with E-state index in [1.54, 1.807) is 12.1 Å². The van der Waals surface area contributed by atoms with Gasteiger partial charge in [-0.05, 0) is 41.9 Å². The van der Waals surface area contributed by atoms with Crippen LogP contribution in [0.25, 0.3) is 0 Å². The van der Waals surface area contributed by atoms with Gasteiger partial charge in [-0.2, -0.15) is 0 Å². The Bertz CT molecular complexity index is 951. The molecular formula is C23H24N2O3. The summed E-state index contributed by atoms with van der Waals surface area (Å²) in [7, 11) is 0. The lowest BCUT2D eigenvalue weighted by atomic mass is 9.92. The largest absolute Gasteiger partial charge is 0.325 e. The second-order valence-electron chi connectivity index (χ2n) is 7.74. The van der Waals surface area contributed by atoms with Gasteiger partial charge in [-0.25, -0.2) is 4.79 Å². The maximum absolute atomic E-state index is 13.1. The van der Waals surface area contributed by atoms with Crippen molar-refractivity contribution in [3.05, 3.63) is 70.8 Å². The van der Waals surface area contributed by atoms with Crippen LogP contribution in [0.4, 0.5) is 4.79 Å². The number of nitrogens with one attached hydrogen (secondary N) is 1. The fraction of sp³-hybridized carbons (Fsp3) is 0.348. The van der Waals surface area contributed by atoms with Crippen LogP contribution in [0.1, 0.15) is 59.7 Å². The van der Waals surface area contributed by atoms with Crippen molar-refractivity contribution in [2.24, 2.45) is 0 Å². The first kappa shape index (κ1) is 18.4. The van der Waals surface area contributed by atoms with Crippen LogP contribution in [0, 0.1) is 0 Å². The SMILES string of the molecule is CC[C@H](C)c1ccc(C(=O)CN2C(=O)N[C@]3(CCc4ccccc43)C2=O)cc1. The number of amides is 3. The molecular weight excluding hydrogens is 352 g/mol. The van der Waals surface area contributed by atoms with Gasteiger partial charge in [-0.15, -0.1) is 0 Å². The highest BCUT2D eigenvalue weighted by Gasteiger charge is 2.55. The summed E-state index contributed by atoms with van der Waals surface area (Å²) in [4.78, 5) is 39.5. The number of rotatable bonds is 5. The number of fused-ring (bicyclic) bond motifs is 2. The number of hydrogen-bond acceptors (Lipinski definition) is 3. The average Bonchev–Trinajstić information content (AvgIpc) is 3.21. The molecule has 2 aliphatic rings. The lowest BCUT2D eigenvalue weighted by Gasteiger charge is -2.22. The van der Waals surface area contributed by atoms with Crippen LogP contribution in [0.5, 0.6) is 0 Å². The van der Waals surface area contributed by atoms with Gasteiger partial charge in [0.15, 0.2) is 5.78 Å². The molecule has 4 rings (SSSR count). The van der Waals surface area contributed by atoms with Crippen LogP contribution in [-0.4, -0.2) is 29.2 Å². The van der Waals surface area contributed by atoms with Gasteiger partial charge in [0.05, 0.1) is 6.54 Å². The smallest absolute Gasteiger partial charge is 0.319 e. The van der Waals surface area contributed by atoms with Crippen molar-refractivity contribution in [2.75, 3.05) is 6.54 Å². The second kappa shape index (κ2) is 6.89. The molecule has 2 aromatic carbocycles. The number of aryl methyl sites for hydroxylation is 1. The van der Waals surface area contributed by atoms with E-state index in [9.17, 15) is 14.4 Å². The van der Waals surface area contributed by atoms with E-state index >= 15 is 0 Å². The predicted molar refractivity (Wildman–Crippen MR) is 106 cm³/mol. The van der Waals surface area contributed by atoms with Crippen LogP contribution in [-0.2, 0) is 16.8 Å². The first-order chi connectivity index (χ1) is 13.5. The molecule has 1 heterocycles. The van der Waals surface area contributed by atoms with Gasteiger partial charge in [0.1, 0.15) is 5.54 Å². The Balaban J connectivity index is 1.54. The maximum atomic E-state index is 13.1. The second-order valence-corrected chi connectivity index (χ2v) is 7.74. The summed E-state index contributed by atoms with van der Waals surface area (Å²) in [6.07, 6.45) is 2.30. The molecule has 2 atom stereocenters. The third-order valence-corrected chi connectivity index (χ3v) is 6.14. The third kappa shape index (κ3) is 2.82. The summed E-state index contributed by atoms with van der Waals surface area (Å²) in [5, 5.41) is 2.86. The first-order valence-corrected chi connectivity index (χ1v) is 9.82. The van der Waals surface area contributed by atoms with Crippen molar-refractivity contribution in [3.63, 3.8) is 0 Å². The van der Waals surface area contributed by atoms with Gasteiger partial charge in [-0.3, -0.25) is 14.5 Å². The molecule has 5 nitrogen and oxygen atoms in total. The minimum absolute atomic E-state index is 0.234. The average molecular weight is 376 g/mol. The zero-order valence-corrected chi connectivity index (χ0v) is 16.2. The molecule has 1 aliphatic heterocycles. The van der Waals surface area contributed by atoms with Crippen LogP contribution in [0.15, 0.2) is 48.5 Å². The third-order valence-electron chi connectivity index (χ3n) is 6.14. The Morgan fingerprint density at radius 1 is 1.14 bits per heavy atom. The zero-order valence-electron chi connectivity index (χ0n) is 16.2. The number of urea groups is 1. The number of benzene rings is 2. The Morgan fingerprint density at radius 2 is 1.86 bits per heavy atom. The van der Waals surface area contributed by atoms with E-state index < -0.39 is 11.6 Å². The first-order valence-electron chi connectivity index (χ1n) is 9.82. The van der Waals surface area contributed by atoms with Gasteiger partial charge in [-0.1, -0.05) is 62.4 Å². The molecule has 0 unspecified atom stereocenters. The van der Waals surface area contributed by atoms with Crippen LogP contribution >= 0.6 is 0 Å². The summed E-state index contributed by atoms with van der Waals surface area (Å²) in [5.74, 6) is -0.132. The fourth-order valence-electron chi connectivity index (χ4n) is 4.20. The van der Waals surface area contributed by atoms with E-state index in [1.165, 1.54) is 5.56 Å². The van der Waals surface area contributed by atoms with E-state index in [2.05, 4.69) is 19.2 Å². The Kier molecular flexibility index (Phi) is 4.53. The van der Waals surface area contributed by atoms with E-state index in [4.69, 9.17) is 0 Å². The molecule has 0 aromatic heterocycles. The molecule has 0 bridgehead atoms. The molecule has 144 valence electrons. The van der Waals surface area contributed by atoms with Crippen molar-refractivity contribution in [3.8, 4) is 0 Å². The molecule has 5 heteroatoms. The van der Waals surface area contributed by atoms with Crippen molar-refractivity contribution in [2.45, 2.75) is 44.6 Å². The van der Waals surface area contributed by atoms with Crippen LogP contribution in [0.3, 0.4) is 0 Å². The van der Waals surface area contributed by atoms with E-state index in [1.807, 2.05) is 36.4 Å². The molecule has 1 N–H and O–H groups in total. The van der Waals surface area contributed by atoms with E-state index in [0.29, 0.717) is 17.9 Å². The van der Waals surface area contributed by atoms with Crippen molar-refractivity contribution in [1.82, 2.24) is 10.2 Å². The normalized spacial score (nSPS) is 21.7. The summed E-state index contributed by atoms with van der Waals surface area (Å²) >= 11 is 0. The molecule has 28 heavy (non-hydrogen) atoms. The maximum Gasteiger partial charge on any atom is 0.325 e. The monoisotopic (exact) mass is 376 g/mol. The van der Waals surface area contributed by atoms with E-state index in [0.717, 1.165) is 28.9 Å². The molecule has 1 fully saturated rings. The van der Waals surface area contributed by atoms with Gasteiger partial charge >= 0.3 is 6.03 Å². The molecule has 1 aliphatic carbocycles. The molecule has 1 spiro atoms. The number of carbonyl (C=O) groups is 3. The minimum atomic E-state index is -1.02. The summed E-state index contributed by atoms with van der Waals surface area (Å²) in [5.41, 5.74) is 2.59. The molecule has 2 aromatic rings. The molecule has 1 saturated heterocycles. The van der Waals surface area contributed by atoms with Gasteiger partial charge in [0.2, 0.25) is 0 Å². The van der Waals surface area contributed by atoms with Crippen molar-refractivity contribution < 1.29 is 14.4 Å². The number of hydrogen-bond donors (Lipinski definition) is 1. The highest BCUT2D eigenvalue weighted by Crippen LogP contribution is 2.41. The predicted octanol–water partition coefficient (Wildman–Crippen LogP) is 3.78. The van der Waals surface area contributed by atoms with Gasteiger partial charge < -0.3 is 5.32 Å². The number of nitrogens with zero attached hydrogens (tertiary/aromatic N) is 1. The Morgan fingerprint density at radius 3 is 2.57 bits per heavy atom. The molecule has 3 amide bonds. The van der Waals surface area contributed by atoms with Crippen LogP contribution < -0.4 is 5.32 Å². The Labute approximate surface area is 164 Å². The van der Waals surface area contributed by atoms with Crippen molar-refractivity contribution >= 4 is 17.7 Å². The standard InChI is InChI=1S/C23H24N2O3/c1-3-15(2)16-8-10-18(11-9-16)20(26)14-25-21(27)23(24-22(25)28)13-12-17-6-4-5-7-19(17)23/h4-11,15H,3,12-14H2,1-2H3,(H,24,28)/t15-,23-/m0/s1. The molecule has 0 radical (unpaired) electrons. The van der Waals surface area contributed by atoms with Gasteiger partial charge in [0, 0.05) is 5.56 Å². The number of imide groups is 1. The zero-order chi connectivity index (χ0) is 19.9. The highest BCUT2D eigenvalue weighted by molar-refractivity contribution is 6.11. The van der Waals surface area contributed by atoms with Crippen molar-refractivity contribution in [1.29, 1.82) is 0 Å². The summed E-state index contributed by atoms with van der Waals surface area (Å²) in [6, 6.07) is 14.6. The quantitative estimate of drug-likeness (QED) is 0.638.